The minimum absolute atomic E-state index is 0.0292. The van der Waals surface area contributed by atoms with E-state index in [2.05, 4.69) is 9.88 Å². The fourth-order valence-electron chi connectivity index (χ4n) is 2.31. The van der Waals surface area contributed by atoms with Crippen molar-refractivity contribution in [1.82, 2.24) is 14.2 Å². The summed E-state index contributed by atoms with van der Waals surface area (Å²) in [5.74, 6) is 0. The molecular formula is C12H18ClN3O3S. The number of halogens is 1. The molecule has 0 amide bonds. The number of pyridine rings is 1. The summed E-state index contributed by atoms with van der Waals surface area (Å²) in [4.78, 5) is 15.7. The Morgan fingerprint density at radius 1 is 1.45 bits per heavy atom. The van der Waals surface area contributed by atoms with Gasteiger partial charge in [0.15, 0.2) is 0 Å². The maximum absolute atomic E-state index is 12.5. The molecule has 1 saturated heterocycles. The molecule has 0 aromatic carbocycles. The molecule has 2 rings (SSSR count). The molecule has 8 heteroatoms. The molecular weight excluding hydrogens is 302 g/mol. The molecule has 0 saturated carbocycles. The van der Waals surface area contributed by atoms with Crippen molar-refractivity contribution >= 4 is 21.6 Å². The van der Waals surface area contributed by atoms with Crippen LogP contribution in [0.15, 0.2) is 22.0 Å². The number of sulfonamides is 1. The van der Waals surface area contributed by atoms with Gasteiger partial charge in [0.05, 0.1) is 4.90 Å². The van der Waals surface area contributed by atoms with E-state index >= 15 is 0 Å². The van der Waals surface area contributed by atoms with Gasteiger partial charge in [-0.3, -0.25) is 4.79 Å². The lowest BCUT2D eigenvalue weighted by Gasteiger charge is -2.38. The van der Waals surface area contributed by atoms with Crippen molar-refractivity contribution in [1.29, 1.82) is 0 Å². The number of hydrogen-bond donors (Lipinski definition) is 1. The molecule has 1 N–H and O–H groups in total. The summed E-state index contributed by atoms with van der Waals surface area (Å²) in [6.07, 6.45) is 2.08. The van der Waals surface area contributed by atoms with Gasteiger partial charge in [-0.2, -0.15) is 4.31 Å². The zero-order valence-electron chi connectivity index (χ0n) is 11.5. The van der Waals surface area contributed by atoms with Crippen LogP contribution in [-0.2, 0) is 10.0 Å². The summed E-state index contributed by atoms with van der Waals surface area (Å²) in [7, 11) is -1.62. The fraction of sp³-hybridized carbons (Fsp3) is 0.583. The van der Waals surface area contributed by atoms with Crippen LogP contribution in [0.4, 0.5) is 0 Å². The summed E-state index contributed by atoms with van der Waals surface area (Å²) >= 11 is 5.70. The fourth-order valence-corrected chi connectivity index (χ4v) is 4.01. The van der Waals surface area contributed by atoms with Crippen LogP contribution in [0, 0.1) is 0 Å². The molecule has 112 valence electrons. The van der Waals surface area contributed by atoms with E-state index in [-0.39, 0.29) is 16.0 Å². The summed E-state index contributed by atoms with van der Waals surface area (Å²) in [5.41, 5.74) is -0.490. The van der Waals surface area contributed by atoms with Crippen LogP contribution < -0.4 is 5.56 Å². The van der Waals surface area contributed by atoms with Gasteiger partial charge in [-0.15, -0.1) is 0 Å². The minimum atomic E-state index is -3.62. The summed E-state index contributed by atoms with van der Waals surface area (Å²) in [6, 6.07) is 1.41. The highest BCUT2D eigenvalue weighted by molar-refractivity contribution is 7.89. The Bertz CT molecular complexity index is 644. The zero-order valence-corrected chi connectivity index (χ0v) is 13.0. The second kappa shape index (κ2) is 5.85. The van der Waals surface area contributed by atoms with Gasteiger partial charge >= 0.3 is 0 Å². The highest BCUT2D eigenvalue weighted by atomic mass is 35.5. The Kier molecular flexibility index (Phi) is 4.53. The molecule has 2 heterocycles. The Labute approximate surface area is 123 Å². The van der Waals surface area contributed by atoms with Crippen molar-refractivity contribution in [2.45, 2.75) is 24.3 Å². The quantitative estimate of drug-likeness (QED) is 0.892. The predicted octanol–water partition coefficient (Wildman–Crippen LogP) is 0.743. The van der Waals surface area contributed by atoms with Gasteiger partial charge in [-0.1, -0.05) is 18.5 Å². The monoisotopic (exact) mass is 319 g/mol. The van der Waals surface area contributed by atoms with Crippen LogP contribution in [0.1, 0.15) is 13.3 Å². The number of aromatic nitrogens is 1. The van der Waals surface area contributed by atoms with Crippen LogP contribution in [0.25, 0.3) is 0 Å². The lowest BCUT2D eigenvalue weighted by Crippen LogP contribution is -2.52. The first-order valence-electron chi connectivity index (χ1n) is 6.45. The summed E-state index contributed by atoms with van der Waals surface area (Å²) in [6.45, 7) is 3.61. The zero-order chi connectivity index (χ0) is 14.9. The molecule has 1 fully saturated rings. The standard InChI is InChI=1S/C12H18ClN3O3S/c1-3-9-8-16(5-4-15(9)2)20(18,19)10-6-11(13)12(17)14-7-10/h6-7,9H,3-5,8H2,1-2H3,(H,14,17). The molecule has 0 spiro atoms. The van der Waals surface area contributed by atoms with Crippen LogP contribution in [-0.4, -0.2) is 55.3 Å². The first-order valence-corrected chi connectivity index (χ1v) is 8.26. The molecule has 1 aliphatic heterocycles. The molecule has 6 nitrogen and oxygen atoms in total. The number of piperazine rings is 1. The number of hydrogen-bond acceptors (Lipinski definition) is 4. The van der Waals surface area contributed by atoms with Gasteiger partial charge in [0.2, 0.25) is 10.0 Å². The average Bonchev–Trinajstić information content (AvgIpc) is 2.42. The van der Waals surface area contributed by atoms with E-state index in [4.69, 9.17) is 11.6 Å². The van der Waals surface area contributed by atoms with Crippen molar-refractivity contribution < 1.29 is 8.42 Å². The largest absolute Gasteiger partial charge is 0.326 e. The molecule has 1 aromatic rings. The van der Waals surface area contributed by atoms with Crippen molar-refractivity contribution in [3.63, 3.8) is 0 Å². The maximum atomic E-state index is 12.5. The van der Waals surface area contributed by atoms with Crippen LogP contribution >= 0.6 is 11.6 Å². The molecule has 1 aromatic heterocycles. The second-order valence-corrected chi connectivity index (χ2v) is 7.26. The normalized spacial score (nSPS) is 22.1. The van der Waals surface area contributed by atoms with Crippen molar-refractivity contribution in [2.24, 2.45) is 0 Å². The third-order valence-electron chi connectivity index (χ3n) is 3.68. The van der Waals surface area contributed by atoms with Crippen molar-refractivity contribution in [3.05, 3.63) is 27.6 Å². The van der Waals surface area contributed by atoms with Gasteiger partial charge in [-0.25, -0.2) is 8.42 Å². The van der Waals surface area contributed by atoms with E-state index in [1.54, 1.807) is 0 Å². The highest BCUT2D eigenvalue weighted by Gasteiger charge is 2.32. The van der Waals surface area contributed by atoms with Crippen LogP contribution in [0.2, 0.25) is 5.02 Å². The van der Waals surface area contributed by atoms with Crippen molar-refractivity contribution in [3.8, 4) is 0 Å². The number of H-pyrrole nitrogens is 1. The second-order valence-electron chi connectivity index (χ2n) is 4.92. The van der Waals surface area contributed by atoms with Gasteiger partial charge in [0.1, 0.15) is 5.02 Å². The number of likely N-dealkylation sites (N-methyl/N-ethyl adjacent to an activating group) is 1. The number of aromatic amines is 1. The summed E-state index contributed by atoms with van der Waals surface area (Å²) in [5, 5.41) is -0.118. The van der Waals surface area contributed by atoms with E-state index in [0.717, 1.165) is 6.42 Å². The Morgan fingerprint density at radius 2 is 2.15 bits per heavy atom. The first-order chi connectivity index (χ1) is 9.36. The molecule has 1 aliphatic rings. The molecule has 0 aliphatic carbocycles. The van der Waals surface area contributed by atoms with Crippen LogP contribution in [0.3, 0.4) is 0 Å². The summed E-state index contributed by atoms with van der Waals surface area (Å²) < 4.78 is 26.5. The Morgan fingerprint density at radius 3 is 2.75 bits per heavy atom. The molecule has 1 atom stereocenters. The molecule has 0 bridgehead atoms. The first kappa shape index (κ1) is 15.5. The van der Waals surface area contributed by atoms with Crippen molar-refractivity contribution in [2.75, 3.05) is 26.7 Å². The van der Waals surface area contributed by atoms with Gasteiger partial charge < -0.3 is 9.88 Å². The number of rotatable bonds is 3. The molecule has 0 radical (unpaired) electrons. The van der Waals surface area contributed by atoms with Gasteiger partial charge in [0, 0.05) is 31.9 Å². The number of nitrogens with one attached hydrogen (secondary N) is 1. The Balaban J connectivity index is 2.30. The predicted molar refractivity (Wildman–Crippen MR) is 77.5 cm³/mol. The van der Waals surface area contributed by atoms with Gasteiger partial charge in [-0.05, 0) is 19.5 Å². The number of nitrogens with zero attached hydrogens (tertiary/aromatic N) is 2. The average molecular weight is 320 g/mol. The minimum Gasteiger partial charge on any atom is -0.326 e. The lowest BCUT2D eigenvalue weighted by molar-refractivity contribution is 0.144. The van der Waals surface area contributed by atoms with Gasteiger partial charge in [0.25, 0.3) is 5.56 Å². The third-order valence-corrected chi connectivity index (χ3v) is 5.80. The highest BCUT2D eigenvalue weighted by Crippen LogP contribution is 2.20. The Hall–Kier alpha value is -0.890. The van der Waals surface area contributed by atoms with E-state index in [9.17, 15) is 13.2 Å². The van der Waals surface area contributed by atoms with E-state index in [0.29, 0.717) is 19.6 Å². The smallest absolute Gasteiger partial charge is 0.266 e. The van der Waals surface area contributed by atoms with E-state index < -0.39 is 15.6 Å². The lowest BCUT2D eigenvalue weighted by atomic mass is 10.1. The maximum Gasteiger partial charge on any atom is 0.266 e. The third kappa shape index (κ3) is 2.90. The topological polar surface area (TPSA) is 73.5 Å². The SMILES string of the molecule is CCC1CN(S(=O)(=O)c2c[nH]c(=O)c(Cl)c2)CCN1C. The van der Waals surface area contributed by atoms with Crippen LogP contribution in [0.5, 0.6) is 0 Å². The molecule has 1 unspecified atom stereocenters. The van der Waals surface area contributed by atoms with E-state index in [1.807, 2.05) is 14.0 Å². The molecule has 20 heavy (non-hydrogen) atoms. The van der Waals surface area contributed by atoms with E-state index in [1.165, 1.54) is 16.6 Å².